The number of ether oxygens (including phenoxy) is 1. The van der Waals surface area contributed by atoms with Crippen LogP contribution >= 0.6 is 31.9 Å². The Morgan fingerprint density at radius 3 is 2.57 bits per heavy atom. The standard InChI is InChI=1S/C14H12Br2N2O3/c1-17-8-9-2-4-11(7-13(9)16)21-14-6-10(18(19)20)3-5-12(14)15/h2-7,17H,8H2,1H3. The first-order valence-corrected chi connectivity index (χ1v) is 7.64. The molecule has 0 atom stereocenters. The van der Waals surface area contributed by atoms with Crippen LogP contribution in [0.25, 0.3) is 0 Å². The number of nitrogens with one attached hydrogen (secondary N) is 1. The fourth-order valence-electron chi connectivity index (χ4n) is 1.74. The zero-order valence-electron chi connectivity index (χ0n) is 11.1. The third-order valence-corrected chi connectivity index (χ3v) is 4.14. The molecule has 0 bridgehead atoms. The fourth-order valence-corrected chi connectivity index (χ4v) is 2.56. The van der Waals surface area contributed by atoms with Gasteiger partial charge in [-0.2, -0.15) is 0 Å². The first-order chi connectivity index (χ1) is 10.0. The number of halogens is 2. The molecule has 110 valence electrons. The number of nitro benzene ring substituents is 1. The van der Waals surface area contributed by atoms with E-state index in [1.165, 1.54) is 12.1 Å². The van der Waals surface area contributed by atoms with E-state index in [1.54, 1.807) is 6.07 Å². The molecule has 0 amide bonds. The Bertz CT molecular complexity index is 677. The summed E-state index contributed by atoms with van der Waals surface area (Å²) in [5.41, 5.74) is 1.09. The minimum absolute atomic E-state index is 0.0148. The van der Waals surface area contributed by atoms with Crippen molar-refractivity contribution in [1.29, 1.82) is 0 Å². The molecular weight excluding hydrogens is 404 g/mol. The number of hydrogen-bond acceptors (Lipinski definition) is 4. The van der Waals surface area contributed by atoms with Gasteiger partial charge in [0.25, 0.3) is 5.69 Å². The number of rotatable bonds is 5. The molecule has 21 heavy (non-hydrogen) atoms. The molecule has 0 fully saturated rings. The lowest BCUT2D eigenvalue weighted by Crippen LogP contribution is -2.05. The number of nitrogens with zero attached hydrogens (tertiary/aromatic N) is 1. The Morgan fingerprint density at radius 2 is 1.95 bits per heavy atom. The van der Waals surface area contributed by atoms with Crippen LogP contribution < -0.4 is 10.1 Å². The van der Waals surface area contributed by atoms with E-state index in [-0.39, 0.29) is 5.69 Å². The van der Waals surface area contributed by atoms with Crippen molar-refractivity contribution in [3.05, 3.63) is 61.0 Å². The predicted molar refractivity (Wildman–Crippen MR) is 87.8 cm³/mol. The van der Waals surface area contributed by atoms with Crippen molar-refractivity contribution < 1.29 is 9.66 Å². The SMILES string of the molecule is CNCc1ccc(Oc2cc([N+](=O)[O-])ccc2Br)cc1Br. The van der Waals surface area contributed by atoms with Crippen molar-refractivity contribution >= 4 is 37.5 Å². The van der Waals surface area contributed by atoms with Gasteiger partial charge in [-0.1, -0.05) is 22.0 Å². The maximum absolute atomic E-state index is 10.8. The summed E-state index contributed by atoms with van der Waals surface area (Å²) in [5, 5.41) is 13.9. The smallest absolute Gasteiger partial charge is 0.273 e. The lowest BCUT2D eigenvalue weighted by Gasteiger charge is -2.10. The van der Waals surface area contributed by atoms with Crippen LogP contribution in [0.15, 0.2) is 45.3 Å². The highest BCUT2D eigenvalue weighted by molar-refractivity contribution is 9.10. The highest BCUT2D eigenvalue weighted by atomic mass is 79.9. The van der Waals surface area contributed by atoms with Crippen LogP contribution in [0.2, 0.25) is 0 Å². The second-order valence-electron chi connectivity index (χ2n) is 4.26. The molecule has 0 aliphatic rings. The quantitative estimate of drug-likeness (QED) is 0.571. The van der Waals surface area contributed by atoms with Gasteiger partial charge in [0.15, 0.2) is 0 Å². The summed E-state index contributed by atoms with van der Waals surface area (Å²) in [6, 6.07) is 9.99. The molecule has 0 saturated heterocycles. The predicted octanol–water partition coefficient (Wildman–Crippen LogP) is 4.63. The third kappa shape index (κ3) is 4.03. The third-order valence-electron chi connectivity index (χ3n) is 2.75. The van der Waals surface area contributed by atoms with E-state index in [0.29, 0.717) is 16.0 Å². The van der Waals surface area contributed by atoms with Crippen LogP contribution in [-0.2, 0) is 6.54 Å². The van der Waals surface area contributed by atoms with Gasteiger partial charge in [-0.3, -0.25) is 10.1 Å². The van der Waals surface area contributed by atoms with Crippen molar-refractivity contribution in [2.45, 2.75) is 6.54 Å². The van der Waals surface area contributed by atoms with E-state index in [1.807, 2.05) is 25.2 Å². The summed E-state index contributed by atoms with van der Waals surface area (Å²) in [6.07, 6.45) is 0. The zero-order valence-corrected chi connectivity index (χ0v) is 14.3. The average molecular weight is 416 g/mol. The van der Waals surface area contributed by atoms with E-state index in [9.17, 15) is 10.1 Å². The van der Waals surface area contributed by atoms with Gasteiger partial charge in [-0.05, 0) is 46.7 Å². The van der Waals surface area contributed by atoms with Crippen molar-refractivity contribution in [1.82, 2.24) is 5.32 Å². The maximum Gasteiger partial charge on any atom is 0.273 e. The molecule has 0 aromatic heterocycles. The molecule has 0 aliphatic carbocycles. The molecule has 2 aromatic carbocycles. The minimum atomic E-state index is -0.453. The van der Waals surface area contributed by atoms with Gasteiger partial charge in [0.2, 0.25) is 0 Å². The normalized spacial score (nSPS) is 10.4. The molecule has 2 rings (SSSR count). The van der Waals surface area contributed by atoms with E-state index < -0.39 is 4.92 Å². The number of benzene rings is 2. The molecule has 1 N–H and O–H groups in total. The fraction of sp³-hybridized carbons (Fsp3) is 0.143. The van der Waals surface area contributed by atoms with Crippen LogP contribution in [0.3, 0.4) is 0 Å². The van der Waals surface area contributed by atoms with Crippen LogP contribution in [-0.4, -0.2) is 12.0 Å². The van der Waals surface area contributed by atoms with Gasteiger partial charge in [0.05, 0.1) is 15.5 Å². The summed E-state index contributed by atoms with van der Waals surface area (Å²) < 4.78 is 7.28. The molecule has 2 aromatic rings. The summed E-state index contributed by atoms with van der Waals surface area (Å²) in [7, 11) is 1.87. The van der Waals surface area contributed by atoms with Crippen LogP contribution in [0.1, 0.15) is 5.56 Å². The van der Waals surface area contributed by atoms with Crippen molar-refractivity contribution in [2.24, 2.45) is 0 Å². The van der Waals surface area contributed by atoms with Gasteiger partial charge in [-0.15, -0.1) is 0 Å². The largest absolute Gasteiger partial charge is 0.456 e. The highest BCUT2D eigenvalue weighted by Crippen LogP contribution is 2.34. The number of hydrogen-bond donors (Lipinski definition) is 1. The zero-order chi connectivity index (χ0) is 15.4. The van der Waals surface area contributed by atoms with E-state index in [4.69, 9.17) is 4.74 Å². The molecule has 0 unspecified atom stereocenters. The Morgan fingerprint density at radius 1 is 1.19 bits per heavy atom. The van der Waals surface area contributed by atoms with E-state index in [0.717, 1.165) is 16.6 Å². The maximum atomic E-state index is 10.8. The van der Waals surface area contributed by atoms with Crippen LogP contribution in [0.5, 0.6) is 11.5 Å². The molecule has 7 heteroatoms. The molecule has 5 nitrogen and oxygen atoms in total. The second-order valence-corrected chi connectivity index (χ2v) is 5.97. The van der Waals surface area contributed by atoms with E-state index >= 15 is 0 Å². The lowest BCUT2D eigenvalue weighted by molar-refractivity contribution is -0.384. The number of non-ortho nitro benzene ring substituents is 1. The Balaban J connectivity index is 2.27. The Labute approximate surface area is 138 Å². The van der Waals surface area contributed by atoms with Gasteiger partial charge < -0.3 is 10.1 Å². The van der Waals surface area contributed by atoms with Gasteiger partial charge >= 0.3 is 0 Å². The Hall–Kier alpha value is -1.44. The topological polar surface area (TPSA) is 64.4 Å². The van der Waals surface area contributed by atoms with Crippen molar-refractivity contribution in [3.8, 4) is 11.5 Å². The van der Waals surface area contributed by atoms with Crippen LogP contribution in [0.4, 0.5) is 5.69 Å². The number of nitro groups is 1. The molecule has 0 radical (unpaired) electrons. The monoisotopic (exact) mass is 414 g/mol. The molecule has 0 aliphatic heterocycles. The van der Waals surface area contributed by atoms with Gasteiger partial charge in [0.1, 0.15) is 11.5 Å². The molecular formula is C14H12Br2N2O3. The van der Waals surface area contributed by atoms with Gasteiger partial charge in [-0.25, -0.2) is 0 Å². The highest BCUT2D eigenvalue weighted by Gasteiger charge is 2.12. The summed E-state index contributed by atoms with van der Waals surface area (Å²) in [5.74, 6) is 1.00. The Kier molecular flexibility index (Phi) is 5.33. The molecule has 0 spiro atoms. The molecule has 0 saturated carbocycles. The van der Waals surface area contributed by atoms with Crippen molar-refractivity contribution in [2.75, 3.05) is 7.05 Å². The first kappa shape index (κ1) is 15.9. The first-order valence-electron chi connectivity index (χ1n) is 6.06. The second kappa shape index (κ2) is 7.02. The van der Waals surface area contributed by atoms with Gasteiger partial charge in [0, 0.05) is 17.1 Å². The minimum Gasteiger partial charge on any atom is -0.456 e. The van der Waals surface area contributed by atoms with Crippen molar-refractivity contribution in [3.63, 3.8) is 0 Å². The average Bonchev–Trinajstić information content (AvgIpc) is 2.44. The van der Waals surface area contributed by atoms with E-state index in [2.05, 4.69) is 37.2 Å². The lowest BCUT2D eigenvalue weighted by atomic mass is 10.2. The van der Waals surface area contributed by atoms with Crippen LogP contribution in [0, 0.1) is 10.1 Å². The molecule has 0 heterocycles. The summed E-state index contributed by atoms with van der Waals surface area (Å²) in [6.45, 7) is 0.737. The summed E-state index contributed by atoms with van der Waals surface area (Å²) in [4.78, 5) is 10.4. The summed E-state index contributed by atoms with van der Waals surface area (Å²) >= 11 is 6.80.